The summed E-state index contributed by atoms with van der Waals surface area (Å²) in [5.74, 6) is -0.820. The van der Waals surface area contributed by atoms with Crippen LogP contribution in [0.5, 0.6) is 0 Å². The predicted octanol–water partition coefficient (Wildman–Crippen LogP) is 5.25. The van der Waals surface area contributed by atoms with Crippen molar-refractivity contribution in [1.82, 2.24) is 4.90 Å². The molecule has 1 aliphatic carbocycles. The van der Waals surface area contributed by atoms with Crippen LogP contribution >= 0.6 is 11.3 Å². The number of carbonyl (C=O) groups excluding carboxylic acids is 2. The van der Waals surface area contributed by atoms with Crippen LogP contribution < -0.4 is 17.2 Å². The van der Waals surface area contributed by atoms with Crippen molar-refractivity contribution in [2.45, 2.75) is 92.0 Å². The second kappa shape index (κ2) is 27.9. The number of likely N-dealkylation sites (N-methyl/N-ethyl adjacent to an activating group) is 1. The molecule has 2 atom stereocenters. The third-order valence-electron chi connectivity index (χ3n) is 7.83. The number of allylic oxidation sites excluding steroid dienone is 2. The molecule has 1 aliphatic heterocycles. The summed E-state index contributed by atoms with van der Waals surface area (Å²) < 4.78 is 10.9. The molecule has 2 heterocycles. The van der Waals surface area contributed by atoms with Gasteiger partial charge in [-0.05, 0) is 77.4 Å². The van der Waals surface area contributed by atoms with Crippen molar-refractivity contribution in [3.63, 3.8) is 0 Å². The zero-order valence-corrected chi connectivity index (χ0v) is 31.8. The number of anilines is 1. The van der Waals surface area contributed by atoms with E-state index in [2.05, 4.69) is 45.5 Å². The zero-order valence-electron chi connectivity index (χ0n) is 31.0. The number of nitrogens with two attached hydrogens (primary N) is 3. The molecule has 14 heteroatoms. The van der Waals surface area contributed by atoms with Gasteiger partial charge in [-0.15, -0.1) is 24.2 Å². The Hall–Kier alpha value is -4.76. The van der Waals surface area contributed by atoms with E-state index >= 15 is 0 Å². The SMILES string of the molecule is C.C#C.C=NC(=C\C(=NCC(=O)/C(CCC)=C(\N)[C@H]1CCCc2sc(N)c(C#N)c21)OCC1CCCN1C)/N=C/C=C(\N)C(=O)OCC.CC.CO. The van der Waals surface area contributed by atoms with E-state index in [1.54, 1.807) is 6.92 Å². The number of fused-ring (bicyclic) bond motifs is 1. The first-order valence-electron chi connectivity index (χ1n) is 17.0. The number of aryl methyl sites for hydroxylation is 1. The predicted molar refractivity (Wildman–Crippen MR) is 215 cm³/mol. The summed E-state index contributed by atoms with van der Waals surface area (Å²) in [5.41, 5.74) is 20.8. The lowest BCUT2D eigenvalue weighted by molar-refractivity contribution is -0.138. The van der Waals surface area contributed by atoms with Gasteiger partial charge in [-0.25, -0.2) is 19.8 Å². The Morgan fingerprint density at radius 2 is 1.85 bits per heavy atom. The van der Waals surface area contributed by atoms with E-state index in [1.165, 1.54) is 29.7 Å². The van der Waals surface area contributed by atoms with Crippen LogP contribution in [0, 0.1) is 24.2 Å². The second-order valence-corrected chi connectivity index (χ2v) is 12.0. The van der Waals surface area contributed by atoms with Gasteiger partial charge in [0.1, 0.15) is 29.9 Å². The summed E-state index contributed by atoms with van der Waals surface area (Å²) in [4.78, 5) is 41.4. The van der Waals surface area contributed by atoms with Crippen LogP contribution in [0.25, 0.3) is 0 Å². The Labute approximate surface area is 315 Å². The number of rotatable bonds is 14. The van der Waals surface area contributed by atoms with Crippen LogP contribution in [0.2, 0.25) is 0 Å². The minimum atomic E-state index is -0.656. The van der Waals surface area contributed by atoms with Crippen LogP contribution in [-0.4, -0.2) is 87.1 Å². The van der Waals surface area contributed by atoms with Crippen molar-refractivity contribution in [3.05, 3.63) is 50.9 Å². The number of esters is 1. The molecule has 0 spiro atoms. The molecule has 52 heavy (non-hydrogen) atoms. The van der Waals surface area contributed by atoms with Crippen molar-refractivity contribution in [3.8, 4) is 18.9 Å². The number of terminal acetylenes is 1. The molecule has 1 saturated heterocycles. The lowest BCUT2D eigenvalue weighted by Crippen LogP contribution is -2.30. The van der Waals surface area contributed by atoms with E-state index in [4.69, 9.17) is 31.8 Å². The number of Topliss-reactive ketones (excluding diaryl/α,β-unsaturated/α-hetero) is 1. The summed E-state index contributed by atoms with van der Waals surface area (Å²) in [6, 6.07) is 2.44. The molecule has 0 bridgehead atoms. The number of carbonyl (C=O) groups is 2. The summed E-state index contributed by atoms with van der Waals surface area (Å²) in [6.45, 7) is 12.6. The van der Waals surface area contributed by atoms with E-state index in [1.807, 2.05) is 27.8 Å². The van der Waals surface area contributed by atoms with Gasteiger partial charge in [-0.1, -0.05) is 34.6 Å². The largest absolute Gasteiger partial charge is 0.476 e. The van der Waals surface area contributed by atoms with Crippen molar-refractivity contribution in [2.75, 3.05) is 46.2 Å². The normalized spacial score (nSPS) is 17.6. The third-order valence-corrected chi connectivity index (χ3v) is 8.92. The fraction of sp³-hybridized carbons (Fsp3) is 0.526. The lowest BCUT2D eigenvalue weighted by Gasteiger charge is -2.25. The lowest BCUT2D eigenvalue weighted by atomic mass is 9.81. The Morgan fingerprint density at radius 3 is 2.40 bits per heavy atom. The highest BCUT2D eigenvalue weighted by Gasteiger charge is 2.31. The van der Waals surface area contributed by atoms with E-state index in [0.29, 0.717) is 41.3 Å². The maximum atomic E-state index is 13.7. The first-order valence-corrected chi connectivity index (χ1v) is 17.8. The average molecular weight is 741 g/mol. The maximum Gasteiger partial charge on any atom is 0.354 e. The van der Waals surface area contributed by atoms with Gasteiger partial charge in [0, 0.05) is 47.5 Å². The highest BCUT2D eigenvalue weighted by molar-refractivity contribution is 7.16. The first kappa shape index (κ1) is 49.4. The molecule has 7 N–H and O–H groups in total. The molecule has 0 amide bonds. The minimum absolute atomic E-state index is 0. The summed E-state index contributed by atoms with van der Waals surface area (Å²) in [6.07, 6.45) is 17.8. The van der Waals surface area contributed by atoms with Crippen LogP contribution in [0.3, 0.4) is 0 Å². The minimum Gasteiger partial charge on any atom is -0.476 e. The van der Waals surface area contributed by atoms with Crippen molar-refractivity contribution in [1.29, 1.82) is 5.26 Å². The van der Waals surface area contributed by atoms with Crippen molar-refractivity contribution in [2.24, 2.45) is 26.4 Å². The topological polar surface area (TPSA) is 215 Å². The highest BCUT2D eigenvalue weighted by atomic mass is 32.1. The number of ketones is 1. The van der Waals surface area contributed by atoms with Gasteiger partial charge >= 0.3 is 5.97 Å². The molecule has 288 valence electrons. The zero-order chi connectivity index (χ0) is 38.9. The van der Waals surface area contributed by atoms with Crippen LogP contribution in [-0.2, 0) is 25.5 Å². The molecule has 1 aromatic rings. The van der Waals surface area contributed by atoms with E-state index in [9.17, 15) is 14.9 Å². The van der Waals surface area contributed by atoms with Gasteiger partial charge in [-0.2, -0.15) is 5.26 Å². The van der Waals surface area contributed by atoms with Gasteiger partial charge < -0.3 is 36.7 Å². The number of likely N-dealkylation sites (tertiary alicyclic amines) is 1. The third kappa shape index (κ3) is 14.8. The number of ether oxygens (including phenoxy) is 2. The van der Waals surface area contributed by atoms with E-state index < -0.39 is 5.97 Å². The number of nitrogens with zero attached hydrogens (tertiary/aromatic N) is 5. The van der Waals surface area contributed by atoms with Gasteiger partial charge in [0.15, 0.2) is 11.6 Å². The van der Waals surface area contributed by atoms with Crippen molar-refractivity contribution >= 4 is 46.9 Å². The Kier molecular flexibility index (Phi) is 26.5. The molecule has 1 aromatic heterocycles. The Morgan fingerprint density at radius 1 is 1.17 bits per heavy atom. The standard InChI is InChI=1S/C32H44N8O4S.C2H6.C2H2.CH4O.CH4/c1-5-9-21(30(35)22-11-7-12-26-29(22)23(17-33)31(36)45-26)25(41)18-39-28(44-19-20-10-8-15-40(20)4)16-27(37-3)38-14-13-24(34)32(42)43-6-2;3*1-2;/h13-14,16,20,22H,3,5-12,15,18-19,34-36H2,1-2,4H3;1-2H3;1-2H;2H,1H3;1H4/b24-13-,27-16+,30-21-,38-14+,39-28?;;;;/t20?,22-;;;;/m0..../s1. The number of thiophene rings is 1. The number of aliphatic imine (C=N–C) groups is 3. The van der Waals surface area contributed by atoms with Gasteiger partial charge in [0.05, 0.1) is 12.2 Å². The Bertz CT molecular complexity index is 1500. The molecular weight excluding hydrogens is 681 g/mol. The molecule has 0 aromatic carbocycles. The smallest absolute Gasteiger partial charge is 0.354 e. The monoisotopic (exact) mass is 740 g/mol. The number of nitrogen functional groups attached to an aromatic ring is 1. The van der Waals surface area contributed by atoms with Crippen LogP contribution in [0.1, 0.15) is 95.6 Å². The molecule has 1 fully saturated rings. The number of hydrogen-bond acceptors (Lipinski definition) is 14. The van der Waals surface area contributed by atoms with E-state index in [-0.39, 0.29) is 55.7 Å². The number of nitriles is 1. The number of aliphatic hydroxyl groups excluding tert-OH is 1. The summed E-state index contributed by atoms with van der Waals surface area (Å²) in [7, 11) is 3.04. The molecule has 3 rings (SSSR count). The first-order chi connectivity index (χ1) is 24.6. The number of hydrogen-bond donors (Lipinski definition) is 4. The molecule has 0 radical (unpaired) electrons. The van der Waals surface area contributed by atoms with Gasteiger partial charge in [0.2, 0.25) is 5.90 Å². The van der Waals surface area contributed by atoms with Gasteiger partial charge in [0.25, 0.3) is 0 Å². The number of aliphatic hydroxyl groups is 1. The maximum absolute atomic E-state index is 13.7. The summed E-state index contributed by atoms with van der Waals surface area (Å²) >= 11 is 1.43. The molecule has 13 nitrogen and oxygen atoms in total. The Balaban J connectivity index is 0. The average Bonchev–Trinajstić information content (AvgIpc) is 3.73. The molecule has 2 aliphatic rings. The fourth-order valence-electron chi connectivity index (χ4n) is 5.47. The van der Waals surface area contributed by atoms with Crippen LogP contribution in [0.15, 0.2) is 49.9 Å². The van der Waals surface area contributed by atoms with Gasteiger partial charge in [-0.3, -0.25) is 4.79 Å². The molecule has 0 saturated carbocycles. The fourth-order valence-corrected chi connectivity index (χ4v) is 6.59. The highest BCUT2D eigenvalue weighted by Crippen LogP contribution is 2.44. The second-order valence-electron chi connectivity index (χ2n) is 10.9. The van der Waals surface area contributed by atoms with E-state index in [0.717, 1.165) is 56.2 Å². The molecular formula is C38H60N8O5S. The molecule has 1 unspecified atom stereocenters. The quantitative estimate of drug-likeness (QED) is 0.0639. The van der Waals surface area contributed by atoms with Crippen molar-refractivity contribution < 1.29 is 24.2 Å². The van der Waals surface area contributed by atoms with Crippen LogP contribution in [0.4, 0.5) is 5.00 Å². The summed E-state index contributed by atoms with van der Waals surface area (Å²) in [5, 5.41) is 17.3.